The zero-order chi connectivity index (χ0) is 34.1. The van der Waals surface area contributed by atoms with E-state index in [-0.39, 0.29) is 5.96 Å². The Bertz CT molecular complexity index is 1630. The average Bonchev–Trinajstić information content (AvgIpc) is 3.29. The van der Waals surface area contributed by atoms with Crippen LogP contribution in [0.25, 0.3) is 0 Å². The Kier molecular flexibility index (Phi) is 12.4. The summed E-state index contributed by atoms with van der Waals surface area (Å²) in [5.41, 5.74) is -0.371. The van der Waals surface area contributed by atoms with Crippen molar-refractivity contribution >= 4 is 46.5 Å². The molecule has 2 aromatic carbocycles. The number of rotatable bonds is 9. The molecular weight excluding hydrogens is 672 g/mol. The Labute approximate surface area is 275 Å². The second-order valence-corrected chi connectivity index (χ2v) is 12.2. The van der Waals surface area contributed by atoms with Crippen LogP contribution in [0.1, 0.15) is 30.4 Å². The lowest BCUT2D eigenvalue weighted by atomic mass is 10.1. The highest BCUT2D eigenvalue weighted by atomic mass is 35.5. The highest BCUT2D eigenvalue weighted by Gasteiger charge is 2.62. The second-order valence-electron chi connectivity index (χ2n) is 10.1. The Balaban J connectivity index is 0.000000322. The zero-order valence-corrected chi connectivity index (χ0v) is 26.7. The van der Waals surface area contributed by atoms with E-state index in [2.05, 4.69) is 20.7 Å². The number of allylic oxidation sites excluding steroid dienone is 2. The minimum absolute atomic E-state index is 0.0875. The van der Waals surface area contributed by atoms with Gasteiger partial charge in [0.2, 0.25) is 6.10 Å². The minimum Gasteiger partial charge on any atom is -0.457 e. The van der Waals surface area contributed by atoms with E-state index >= 15 is 0 Å². The van der Waals surface area contributed by atoms with E-state index in [1.54, 1.807) is 56.4 Å². The third-order valence-electron chi connectivity index (χ3n) is 6.63. The van der Waals surface area contributed by atoms with Crippen LogP contribution < -0.4 is 15.4 Å². The van der Waals surface area contributed by atoms with Gasteiger partial charge in [-0.1, -0.05) is 73.5 Å². The molecule has 3 unspecified atom stereocenters. The number of halogens is 5. The highest BCUT2D eigenvalue weighted by molar-refractivity contribution is 7.15. The van der Waals surface area contributed by atoms with E-state index in [0.717, 1.165) is 11.0 Å². The maximum Gasteiger partial charge on any atom is 0.426 e. The molecule has 46 heavy (non-hydrogen) atoms. The number of hydrogen-bond donors (Lipinski definition) is 2. The number of carbonyl (C=O) groups is 1. The molecule has 1 aromatic heterocycles. The van der Waals surface area contributed by atoms with Gasteiger partial charge >= 0.3 is 12.1 Å². The first-order valence-electron chi connectivity index (χ1n) is 13.3. The van der Waals surface area contributed by atoms with Crippen LogP contribution in [0, 0.1) is 38.7 Å². The molecule has 1 aliphatic rings. The number of ether oxygens (including phenoxy) is 2. The van der Waals surface area contributed by atoms with Crippen molar-refractivity contribution in [1.82, 2.24) is 15.6 Å². The van der Waals surface area contributed by atoms with E-state index in [1.807, 2.05) is 24.3 Å². The van der Waals surface area contributed by atoms with Gasteiger partial charge in [-0.3, -0.25) is 4.79 Å². The summed E-state index contributed by atoms with van der Waals surface area (Å²) in [6, 6.07) is 17.4. The Hall–Kier alpha value is -4.39. The van der Waals surface area contributed by atoms with E-state index in [4.69, 9.17) is 32.7 Å². The van der Waals surface area contributed by atoms with Gasteiger partial charge in [-0.05, 0) is 35.6 Å². The number of hydrogen-bond acceptors (Lipinski definition) is 8. The molecule has 1 aliphatic carbocycles. The molecule has 3 atom stereocenters. The number of thiazole rings is 1. The summed E-state index contributed by atoms with van der Waals surface area (Å²) in [5.74, 6) is -1.18. The summed E-state index contributed by atoms with van der Waals surface area (Å²) < 4.78 is 49.7. The van der Waals surface area contributed by atoms with Crippen molar-refractivity contribution in [3.05, 3.63) is 96.9 Å². The molecule has 244 valence electrons. The maximum absolute atomic E-state index is 12.7. The van der Waals surface area contributed by atoms with Crippen LogP contribution in [0.4, 0.5) is 13.2 Å². The molecule has 11 nitrogen and oxygen atoms in total. The number of hydrazone groups is 1. The molecule has 0 spiro atoms. The van der Waals surface area contributed by atoms with Crippen molar-refractivity contribution in [2.24, 2.45) is 22.4 Å². The number of benzene rings is 2. The van der Waals surface area contributed by atoms with E-state index < -0.39 is 45.6 Å². The molecule has 4 rings (SSSR count). The third kappa shape index (κ3) is 10.3. The fraction of sp³-hybridized carbons (Fsp3) is 0.310. The number of para-hydroxylation sites is 1. The number of nitrogens with one attached hydrogen (secondary N) is 2. The molecule has 0 saturated heterocycles. The van der Waals surface area contributed by atoms with Gasteiger partial charge in [0.25, 0.3) is 5.96 Å². The summed E-state index contributed by atoms with van der Waals surface area (Å²) in [6.45, 7) is 3.69. The van der Waals surface area contributed by atoms with Crippen LogP contribution in [0.3, 0.4) is 0 Å². The predicted molar refractivity (Wildman–Crippen MR) is 166 cm³/mol. The molecule has 3 aromatic rings. The van der Waals surface area contributed by atoms with Crippen molar-refractivity contribution in [1.29, 1.82) is 5.26 Å². The third-order valence-corrected chi connectivity index (χ3v) is 8.08. The number of carbonyl (C=O) groups excluding carboxylic acids is 1. The Morgan fingerprint density at radius 3 is 2.50 bits per heavy atom. The lowest BCUT2D eigenvalue weighted by Crippen LogP contribution is -2.34. The molecular formula is C29H27Cl2F3N6O5S. The summed E-state index contributed by atoms with van der Waals surface area (Å²) in [4.78, 5) is 27.4. The molecule has 17 heteroatoms. The van der Waals surface area contributed by atoms with Crippen LogP contribution in [0.2, 0.25) is 4.47 Å². The number of nitro groups is 1. The van der Waals surface area contributed by atoms with Crippen LogP contribution in [0.15, 0.2) is 77.0 Å². The van der Waals surface area contributed by atoms with E-state index in [9.17, 15) is 33.3 Å². The molecule has 0 radical (unpaired) electrons. The maximum atomic E-state index is 12.7. The van der Waals surface area contributed by atoms with Gasteiger partial charge < -0.3 is 20.1 Å². The molecule has 1 fully saturated rings. The first-order valence-corrected chi connectivity index (χ1v) is 14.8. The second kappa shape index (κ2) is 15.7. The topological polar surface area (TPSA) is 152 Å². The fourth-order valence-corrected chi connectivity index (χ4v) is 5.26. The molecule has 1 saturated carbocycles. The highest BCUT2D eigenvalue weighted by Crippen LogP contribution is 2.60. The predicted octanol–water partition coefficient (Wildman–Crippen LogP) is 7.20. The van der Waals surface area contributed by atoms with Crippen LogP contribution in [0.5, 0.6) is 11.5 Å². The quantitative estimate of drug-likeness (QED) is 0.0777. The Morgan fingerprint density at radius 2 is 1.93 bits per heavy atom. The van der Waals surface area contributed by atoms with Crippen molar-refractivity contribution in [3.63, 3.8) is 0 Å². The van der Waals surface area contributed by atoms with Gasteiger partial charge in [-0.15, -0.1) is 11.3 Å². The van der Waals surface area contributed by atoms with E-state index in [0.29, 0.717) is 28.1 Å². The zero-order valence-electron chi connectivity index (χ0n) is 24.4. The largest absolute Gasteiger partial charge is 0.457 e. The van der Waals surface area contributed by atoms with Crippen LogP contribution >= 0.6 is 34.5 Å². The minimum atomic E-state index is -4.68. The van der Waals surface area contributed by atoms with Crippen LogP contribution in [-0.4, -0.2) is 35.2 Å². The van der Waals surface area contributed by atoms with Gasteiger partial charge in [-0.25, -0.2) is 15.1 Å². The lowest BCUT2D eigenvalue weighted by molar-refractivity contribution is -0.485. The number of aromatic nitrogens is 1. The van der Waals surface area contributed by atoms with Gasteiger partial charge in [0.1, 0.15) is 27.7 Å². The fourth-order valence-electron chi connectivity index (χ4n) is 4.21. The lowest BCUT2D eigenvalue weighted by Gasteiger charge is -2.13. The molecule has 0 amide bonds. The summed E-state index contributed by atoms with van der Waals surface area (Å²) in [6.07, 6.45) is -3.47. The number of nitriles is 1. The van der Waals surface area contributed by atoms with Crippen LogP contribution in [-0.2, 0) is 16.1 Å². The summed E-state index contributed by atoms with van der Waals surface area (Å²) in [5, 5.41) is 25.9. The smallest absolute Gasteiger partial charge is 0.426 e. The number of nitrogens with zero attached hydrogens (tertiary/aromatic N) is 4. The van der Waals surface area contributed by atoms with Crippen molar-refractivity contribution in [2.45, 2.75) is 32.7 Å². The van der Waals surface area contributed by atoms with Gasteiger partial charge in [0, 0.05) is 23.7 Å². The van der Waals surface area contributed by atoms with Crippen molar-refractivity contribution < 1.29 is 32.5 Å². The van der Waals surface area contributed by atoms with Gasteiger partial charge in [-0.2, -0.15) is 18.4 Å². The standard InChI is InChI=1S/C23H19ClF3NO3.C6H8ClN5O2S/c1-22(2)17(12-19(24)23(25,26)27)20(22)21(29)31-18(13-28)14-7-6-10-16(11-14)30-15-8-4-3-5-9-15;1-8-6(11-12(13)14)10-3-4-2-9-5(7)15-4/h3-12,17-18,20H,1-2H3;2H,3H2,1H3,(H2,8,10,11)/b19-12-;. The molecule has 0 aliphatic heterocycles. The molecule has 2 N–H and O–H groups in total. The average molecular weight is 700 g/mol. The first kappa shape index (κ1) is 36.1. The van der Waals surface area contributed by atoms with E-state index in [1.165, 1.54) is 18.4 Å². The number of alkyl halides is 3. The normalized spacial score (nSPS) is 17.8. The number of guanidine groups is 1. The van der Waals surface area contributed by atoms with Gasteiger partial charge in [0.05, 0.1) is 12.5 Å². The van der Waals surface area contributed by atoms with Crippen molar-refractivity contribution in [3.8, 4) is 17.6 Å². The number of esters is 1. The SMILES string of the molecule is CC1(C)C(/C=C(\Cl)C(F)(F)F)C1C(=O)OC(C#N)c1cccc(Oc2ccccc2)c1.CNC(=N[N+](=O)[O-])NCc1cnc(Cl)s1. The van der Waals surface area contributed by atoms with Gasteiger partial charge in [0.15, 0.2) is 9.50 Å². The summed E-state index contributed by atoms with van der Waals surface area (Å²) in [7, 11) is 1.54. The Morgan fingerprint density at radius 1 is 1.26 bits per heavy atom. The first-order chi connectivity index (χ1) is 21.6. The summed E-state index contributed by atoms with van der Waals surface area (Å²) >= 11 is 12.2. The van der Waals surface area contributed by atoms with Crippen molar-refractivity contribution in [2.75, 3.05) is 7.05 Å². The molecule has 0 bridgehead atoms. The molecule has 1 heterocycles. The monoisotopic (exact) mass is 698 g/mol.